The molecule has 1 aromatic rings. The zero-order valence-electron chi connectivity index (χ0n) is 9.49. The van der Waals surface area contributed by atoms with Crippen LogP contribution in [0.25, 0.3) is 0 Å². The Morgan fingerprint density at radius 2 is 1.88 bits per heavy atom. The fourth-order valence-corrected chi connectivity index (χ4v) is 2.00. The van der Waals surface area contributed by atoms with Crippen LogP contribution in [0, 0.1) is 0 Å². The monoisotopic (exact) mass is 239 g/mol. The van der Waals surface area contributed by atoms with Gasteiger partial charge in [-0.2, -0.15) is 0 Å². The minimum Gasteiger partial charge on any atom is -0.398 e. The van der Waals surface area contributed by atoms with Crippen LogP contribution in [0.1, 0.15) is 0 Å². The summed E-state index contributed by atoms with van der Waals surface area (Å²) in [6, 6.07) is 3.01. The number of aliphatic hydroxyl groups is 2. The number of aliphatic hydroxyl groups excluding tert-OH is 2. The smallest absolute Gasteiger partial charge is 0.250 e. The summed E-state index contributed by atoms with van der Waals surface area (Å²) in [5.74, 6) is 0. The van der Waals surface area contributed by atoms with Crippen molar-refractivity contribution in [3.05, 3.63) is 28.7 Å². The Hall–Kier alpha value is -1.37. The molecule has 2 heterocycles. The highest BCUT2D eigenvalue weighted by molar-refractivity contribution is 5.33. The van der Waals surface area contributed by atoms with E-state index < -0.39 is 12.2 Å². The first-order valence-corrected chi connectivity index (χ1v) is 5.61. The highest BCUT2D eigenvalue weighted by atomic mass is 16.3. The van der Waals surface area contributed by atoms with Crippen molar-refractivity contribution < 1.29 is 10.2 Å². The summed E-state index contributed by atoms with van der Waals surface area (Å²) in [5, 5.41) is 18.8. The lowest BCUT2D eigenvalue weighted by atomic mass is 10.3. The van der Waals surface area contributed by atoms with Gasteiger partial charge in [-0.1, -0.05) is 0 Å². The Morgan fingerprint density at radius 1 is 1.24 bits per heavy atom. The van der Waals surface area contributed by atoms with E-state index in [1.54, 1.807) is 12.3 Å². The molecule has 1 saturated heterocycles. The van der Waals surface area contributed by atoms with E-state index in [0.29, 0.717) is 31.9 Å². The van der Waals surface area contributed by atoms with E-state index in [2.05, 4.69) is 0 Å². The third-order valence-electron chi connectivity index (χ3n) is 3.00. The predicted octanol–water partition coefficient (Wildman–Crippen LogP) is -1.53. The Bertz CT molecular complexity index is 436. The number of nitrogens with zero attached hydrogens (tertiary/aromatic N) is 2. The highest BCUT2D eigenvalue weighted by Gasteiger charge is 2.28. The normalized spacial score (nSPS) is 25.3. The average molecular weight is 239 g/mol. The van der Waals surface area contributed by atoms with Crippen LogP contribution < -0.4 is 11.3 Å². The van der Waals surface area contributed by atoms with Gasteiger partial charge in [0, 0.05) is 44.1 Å². The number of pyridine rings is 1. The fraction of sp³-hybridized carbons (Fsp3) is 0.545. The molecule has 0 bridgehead atoms. The first kappa shape index (κ1) is 12.1. The number of hydrogen-bond donors (Lipinski definition) is 3. The van der Waals surface area contributed by atoms with Crippen molar-refractivity contribution >= 4 is 5.69 Å². The number of rotatable bonds is 3. The maximum absolute atomic E-state index is 11.5. The maximum Gasteiger partial charge on any atom is 0.250 e. The lowest BCUT2D eigenvalue weighted by Crippen LogP contribution is -2.30. The van der Waals surface area contributed by atoms with Crippen LogP contribution in [0.5, 0.6) is 0 Å². The number of anilines is 1. The molecule has 0 radical (unpaired) electrons. The average Bonchev–Trinajstić information content (AvgIpc) is 2.60. The van der Waals surface area contributed by atoms with Crippen molar-refractivity contribution in [2.75, 3.05) is 25.4 Å². The maximum atomic E-state index is 11.5. The lowest BCUT2D eigenvalue weighted by Gasteiger charge is -2.15. The van der Waals surface area contributed by atoms with Gasteiger partial charge in [-0.15, -0.1) is 0 Å². The summed E-state index contributed by atoms with van der Waals surface area (Å²) >= 11 is 0. The number of hydrogen-bond acceptors (Lipinski definition) is 5. The summed E-state index contributed by atoms with van der Waals surface area (Å²) in [6.07, 6.45) is 0.228. The van der Waals surface area contributed by atoms with Gasteiger partial charge in [0.1, 0.15) is 0 Å². The van der Waals surface area contributed by atoms with Gasteiger partial charge in [0.2, 0.25) is 0 Å². The Morgan fingerprint density at radius 3 is 2.53 bits per heavy atom. The third kappa shape index (κ3) is 2.85. The summed E-state index contributed by atoms with van der Waals surface area (Å²) in [7, 11) is 0. The van der Waals surface area contributed by atoms with Crippen LogP contribution in [0.4, 0.5) is 5.69 Å². The van der Waals surface area contributed by atoms with Crippen molar-refractivity contribution in [2.24, 2.45) is 0 Å². The Balaban J connectivity index is 1.94. The molecular formula is C11H17N3O3. The second kappa shape index (κ2) is 4.87. The molecule has 0 aliphatic carbocycles. The molecule has 94 valence electrons. The molecular weight excluding hydrogens is 222 g/mol. The standard InChI is InChI=1S/C11H17N3O3/c12-8-1-2-11(17)14(5-8)4-3-13-6-9(15)10(16)7-13/h1-2,5,9-10,15-16H,3-4,6-7,12H2. The first-order valence-electron chi connectivity index (χ1n) is 5.61. The summed E-state index contributed by atoms with van der Waals surface area (Å²) in [6.45, 7) is 2.00. The lowest BCUT2D eigenvalue weighted by molar-refractivity contribution is 0.0572. The minimum atomic E-state index is -0.687. The van der Waals surface area contributed by atoms with Gasteiger partial charge in [0.15, 0.2) is 0 Å². The highest BCUT2D eigenvalue weighted by Crippen LogP contribution is 2.09. The molecule has 1 aromatic heterocycles. The van der Waals surface area contributed by atoms with Crippen molar-refractivity contribution in [3.63, 3.8) is 0 Å². The van der Waals surface area contributed by atoms with Crippen molar-refractivity contribution in [1.82, 2.24) is 9.47 Å². The molecule has 17 heavy (non-hydrogen) atoms. The number of nitrogen functional groups attached to an aromatic ring is 1. The van der Waals surface area contributed by atoms with E-state index in [9.17, 15) is 15.0 Å². The van der Waals surface area contributed by atoms with Crippen LogP contribution in [0.15, 0.2) is 23.1 Å². The molecule has 2 rings (SSSR count). The third-order valence-corrected chi connectivity index (χ3v) is 3.00. The Kier molecular flexibility index (Phi) is 3.46. The van der Waals surface area contributed by atoms with Crippen molar-refractivity contribution in [3.8, 4) is 0 Å². The van der Waals surface area contributed by atoms with Crippen LogP contribution in [0.3, 0.4) is 0 Å². The fourth-order valence-electron chi connectivity index (χ4n) is 2.00. The zero-order valence-corrected chi connectivity index (χ0v) is 9.49. The number of nitrogens with two attached hydrogens (primary N) is 1. The van der Waals surface area contributed by atoms with Gasteiger partial charge >= 0.3 is 0 Å². The molecule has 2 unspecified atom stereocenters. The van der Waals surface area contributed by atoms with Gasteiger partial charge in [-0.05, 0) is 6.07 Å². The summed E-state index contributed by atoms with van der Waals surface area (Å²) in [4.78, 5) is 13.4. The molecule has 6 heteroatoms. The van der Waals surface area contributed by atoms with Crippen molar-refractivity contribution in [2.45, 2.75) is 18.8 Å². The molecule has 4 N–H and O–H groups in total. The van der Waals surface area contributed by atoms with E-state index >= 15 is 0 Å². The van der Waals surface area contributed by atoms with Crippen LogP contribution in [-0.4, -0.2) is 51.5 Å². The molecule has 0 spiro atoms. The quantitative estimate of drug-likeness (QED) is 0.595. The molecule has 0 amide bonds. The molecule has 2 atom stereocenters. The van der Waals surface area contributed by atoms with Crippen LogP contribution in [0.2, 0.25) is 0 Å². The van der Waals surface area contributed by atoms with Gasteiger partial charge in [0.25, 0.3) is 5.56 Å². The topological polar surface area (TPSA) is 91.7 Å². The van der Waals surface area contributed by atoms with Gasteiger partial charge in [-0.3, -0.25) is 9.69 Å². The molecule has 1 fully saturated rings. The summed E-state index contributed by atoms with van der Waals surface area (Å²) in [5.41, 5.74) is 6.05. The number of β-amino-alcohol motifs (C(OH)–C–C–N with tert-alkyl or cyclic N) is 2. The Labute approximate surface area is 98.9 Å². The largest absolute Gasteiger partial charge is 0.398 e. The SMILES string of the molecule is Nc1ccc(=O)n(CCN2CC(O)C(O)C2)c1. The number of aromatic nitrogens is 1. The first-order chi connectivity index (χ1) is 8.06. The molecule has 0 saturated carbocycles. The van der Waals surface area contributed by atoms with Crippen molar-refractivity contribution in [1.29, 1.82) is 0 Å². The second-order valence-corrected chi connectivity index (χ2v) is 4.39. The van der Waals surface area contributed by atoms with Gasteiger partial charge in [0.05, 0.1) is 12.2 Å². The summed E-state index contributed by atoms with van der Waals surface area (Å²) < 4.78 is 1.53. The van der Waals surface area contributed by atoms with Gasteiger partial charge < -0.3 is 20.5 Å². The van der Waals surface area contributed by atoms with E-state index in [4.69, 9.17) is 5.73 Å². The molecule has 1 aliphatic rings. The zero-order chi connectivity index (χ0) is 12.4. The van der Waals surface area contributed by atoms with Crippen LogP contribution in [-0.2, 0) is 6.54 Å². The van der Waals surface area contributed by atoms with E-state index in [1.165, 1.54) is 10.6 Å². The molecule has 6 nitrogen and oxygen atoms in total. The van der Waals surface area contributed by atoms with E-state index in [1.807, 2.05) is 4.90 Å². The van der Waals surface area contributed by atoms with E-state index in [-0.39, 0.29) is 5.56 Å². The van der Waals surface area contributed by atoms with E-state index in [0.717, 1.165) is 0 Å². The second-order valence-electron chi connectivity index (χ2n) is 4.39. The van der Waals surface area contributed by atoms with Gasteiger partial charge in [-0.25, -0.2) is 0 Å². The van der Waals surface area contributed by atoms with Crippen LogP contribution >= 0.6 is 0 Å². The predicted molar refractivity (Wildman–Crippen MR) is 63.6 cm³/mol. The molecule has 0 aromatic carbocycles. The minimum absolute atomic E-state index is 0.0977. The molecule has 1 aliphatic heterocycles. The number of likely N-dealkylation sites (tertiary alicyclic amines) is 1.